The van der Waals surface area contributed by atoms with Crippen LogP contribution in [0.1, 0.15) is 53.4 Å². The predicted octanol–water partition coefficient (Wildman–Crippen LogP) is 5.12. The molecule has 4 heteroatoms. The number of fused-ring (bicyclic) bond motifs is 1. The van der Waals surface area contributed by atoms with Gasteiger partial charge >= 0.3 is 0 Å². The Balaban J connectivity index is 1.38. The molecule has 5 rings (SSSR count). The monoisotopic (exact) mass is 414 g/mol. The number of hydrogen-bond acceptors (Lipinski definition) is 4. The largest absolute Gasteiger partial charge is 0.508 e. The van der Waals surface area contributed by atoms with Crippen LogP contribution in [0.2, 0.25) is 0 Å². The summed E-state index contributed by atoms with van der Waals surface area (Å²) in [4.78, 5) is 7.10. The molecule has 0 bridgehead atoms. The van der Waals surface area contributed by atoms with E-state index in [0.29, 0.717) is 24.2 Å². The predicted molar refractivity (Wildman–Crippen MR) is 123 cm³/mol. The summed E-state index contributed by atoms with van der Waals surface area (Å²) in [5.41, 5.74) is 5.09. The van der Waals surface area contributed by atoms with E-state index in [-0.39, 0.29) is 5.92 Å². The first-order valence-corrected chi connectivity index (χ1v) is 11.5. The lowest BCUT2D eigenvalue weighted by Crippen LogP contribution is -2.25. The molecule has 160 valence electrons. The molecule has 1 fully saturated rings. The number of pyridine rings is 1. The number of rotatable bonds is 6. The Morgan fingerprint density at radius 2 is 1.81 bits per heavy atom. The van der Waals surface area contributed by atoms with Crippen LogP contribution < -0.4 is 4.74 Å². The highest BCUT2D eigenvalue weighted by Crippen LogP contribution is 2.46. The van der Waals surface area contributed by atoms with E-state index in [9.17, 15) is 5.11 Å². The highest BCUT2D eigenvalue weighted by atomic mass is 16.5. The molecular weight excluding hydrogens is 384 g/mol. The smallest absolute Gasteiger partial charge is 0.213 e. The number of likely N-dealkylation sites (tertiary alicyclic amines) is 1. The Morgan fingerprint density at radius 3 is 2.58 bits per heavy atom. The molecule has 1 aliphatic carbocycles. The van der Waals surface area contributed by atoms with Gasteiger partial charge in [-0.25, -0.2) is 4.98 Å². The van der Waals surface area contributed by atoms with E-state index in [1.54, 1.807) is 0 Å². The second-order valence-corrected chi connectivity index (χ2v) is 8.74. The average Bonchev–Trinajstić information content (AvgIpc) is 3.33. The Bertz CT molecular complexity index is 998. The van der Waals surface area contributed by atoms with Crippen LogP contribution in [-0.2, 0) is 6.42 Å². The lowest BCUT2D eigenvalue weighted by atomic mass is 9.69. The van der Waals surface area contributed by atoms with Gasteiger partial charge in [0.25, 0.3) is 0 Å². The Morgan fingerprint density at radius 1 is 0.968 bits per heavy atom. The highest BCUT2D eigenvalue weighted by Gasteiger charge is 2.32. The first-order valence-electron chi connectivity index (χ1n) is 11.5. The molecule has 1 aliphatic heterocycles. The maximum absolute atomic E-state index is 9.99. The van der Waals surface area contributed by atoms with Crippen LogP contribution in [-0.4, -0.2) is 41.2 Å². The zero-order valence-corrected chi connectivity index (χ0v) is 17.9. The fourth-order valence-corrected chi connectivity index (χ4v) is 5.22. The second-order valence-electron chi connectivity index (χ2n) is 8.74. The number of phenolic OH excluding ortho intramolecular Hbond substituents is 1. The fourth-order valence-electron chi connectivity index (χ4n) is 5.22. The molecule has 2 atom stereocenters. The maximum Gasteiger partial charge on any atom is 0.213 e. The minimum atomic E-state index is 0.220. The molecule has 1 saturated heterocycles. The molecule has 0 saturated carbocycles. The molecule has 0 spiro atoms. The molecule has 2 unspecified atom stereocenters. The number of aromatic hydroxyl groups is 1. The van der Waals surface area contributed by atoms with E-state index in [1.165, 1.54) is 48.2 Å². The Hall–Kier alpha value is -2.85. The topological polar surface area (TPSA) is 45.6 Å². The molecule has 1 aromatic heterocycles. The first-order chi connectivity index (χ1) is 15.3. The molecular formula is C27H30N2O2. The highest BCUT2D eigenvalue weighted by molar-refractivity contribution is 5.47. The second kappa shape index (κ2) is 9.11. The van der Waals surface area contributed by atoms with Crippen LogP contribution in [0.25, 0.3) is 0 Å². The molecule has 1 N–H and O–H groups in total. The van der Waals surface area contributed by atoms with E-state index in [2.05, 4.69) is 52.3 Å². The standard InChI is InChI=1S/C27H30N2O2/c30-23-10-12-25-21(18-23)8-11-24(20-6-2-1-3-7-20)27(25)22-9-13-26(28-19-22)31-17-16-29-14-4-5-15-29/h1-3,6-7,9-10,12-13,18-19,24,27,30H,4-5,8,11,14-17H2. The first kappa shape index (κ1) is 20.1. The minimum absolute atomic E-state index is 0.220. The molecule has 2 aromatic carbocycles. The zero-order valence-electron chi connectivity index (χ0n) is 17.9. The van der Waals surface area contributed by atoms with E-state index >= 15 is 0 Å². The molecule has 4 nitrogen and oxygen atoms in total. The van der Waals surface area contributed by atoms with Gasteiger partial charge in [0.2, 0.25) is 5.88 Å². The van der Waals surface area contributed by atoms with Gasteiger partial charge in [0.1, 0.15) is 12.4 Å². The quantitative estimate of drug-likeness (QED) is 0.608. The molecule has 0 amide bonds. The third kappa shape index (κ3) is 4.45. The van der Waals surface area contributed by atoms with Gasteiger partial charge in [0.15, 0.2) is 0 Å². The van der Waals surface area contributed by atoms with Crippen molar-refractivity contribution in [2.24, 2.45) is 0 Å². The summed E-state index contributed by atoms with van der Waals surface area (Å²) in [6, 6.07) is 20.8. The number of aryl methyl sites for hydroxylation is 1. The summed E-state index contributed by atoms with van der Waals surface area (Å²) < 4.78 is 5.92. The van der Waals surface area contributed by atoms with Crippen LogP contribution in [0, 0.1) is 0 Å². The normalized spacial score (nSPS) is 21.0. The number of ether oxygens (including phenoxy) is 1. The maximum atomic E-state index is 9.99. The molecule has 2 heterocycles. The third-order valence-electron chi connectivity index (χ3n) is 6.79. The molecule has 3 aromatic rings. The average molecular weight is 415 g/mol. The summed E-state index contributed by atoms with van der Waals surface area (Å²) in [6.45, 7) is 4.03. The Labute approximate surface area is 184 Å². The van der Waals surface area contributed by atoms with E-state index in [1.807, 2.05) is 24.4 Å². The molecule has 0 radical (unpaired) electrons. The van der Waals surface area contributed by atoms with E-state index in [4.69, 9.17) is 4.74 Å². The number of benzene rings is 2. The van der Waals surface area contributed by atoms with Gasteiger partial charge in [0.05, 0.1) is 0 Å². The molecule has 2 aliphatic rings. The lowest BCUT2D eigenvalue weighted by molar-refractivity contribution is 0.232. The van der Waals surface area contributed by atoms with Gasteiger partial charge in [-0.15, -0.1) is 0 Å². The summed E-state index contributed by atoms with van der Waals surface area (Å²) in [7, 11) is 0. The van der Waals surface area contributed by atoms with Crippen molar-refractivity contribution in [1.82, 2.24) is 9.88 Å². The van der Waals surface area contributed by atoms with Crippen molar-refractivity contribution < 1.29 is 9.84 Å². The van der Waals surface area contributed by atoms with Crippen molar-refractivity contribution in [3.8, 4) is 11.6 Å². The van der Waals surface area contributed by atoms with Gasteiger partial charge in [-0.3, -0.25) is 4.90 Å². The van der Waals surface area contributed by atoms with E-state index in [0.717, 1.165) is 19.4 Å². The van der Waals surface area contributed by atoms with Crippen LogP contribution in [0.5, 0.6) is 11.6 Å². The Kier molecular flexibility index (Phi) is 5.90. The van der Waals surface area contributed by atoms with Gasteiger partial charge in [-0.1, -0.05) is 42.5 Å². The van der Waals surface area contributed by atoms with Crippen molar-refractivity contribution in [3.05, 3.63) is 89.1 Å². The van der Waals surface area contributed by atoms with Gasteiger partial charge in [0, 0.05) is 24.7 Å². The van der Waals surface area contributed by atoms with Gasteiger partial charge in [-0.05, 0) is 79.1 Å². The van der Waals surface area contributed by atoms with Crippen molar-refractivity contribution in [2.45, 2.75) is 37.5 Å². The summed E-state index contributed by atoms with van der Waals surface area (Å²) in [5.74, 6) is 1.65. The van der Waals surface area contributed by atoms with Gasteiger partial charge < -0.3 is 9.84 Å². The summed E-state index contributed by atoms with van der Waals surface area (Å²) in [6.07, 6.45) is 6.62. The van der Waals surface area contributed by atoms with Crippen LogP contribution in [0.15, 0.2) is 66.9 Å². The van der Waals surface area contributed by atoms with Crippen molar-refractivity contribution >= 4 is 0 Å². The minimum Gasteiger partial charge on any atom is -0.508 e. The number of phenols is 1. The van der Waals surface area contributed by atoms with Crippen molar-refractivity contribution in [3.63, 3.8) is 0 Å². The van der Waals surface area contributed by atoms with Gasteiger partial charge in [-0.2, -0.15) is 0 Å². The van der Waals surface area contributed by atoms with Crippen LogP contribution in [0.4, 0.5) is 0 Å². The van der Waals surface area contributed by atoms with Crippen molar-refractivity contribution in [2.75, 3.05) is 26.2 Å². The van der Waals surface area contributed by atoms with Crippen molar-refractivity contribution in [1.29, 1.82) is 0 Å². The summed E-state index contributed by atoms with van der Waals surface area (Å²) in [5, 5.41) is 9.99. The number of hydrogen-bond donors (Lipinski definition) is 1. The van der Waals surface area contributed by atoms with Crippen LogP contribution in [0.3, 0.4) is 0 Å². The molecule has 31 heavy (non-hydrogen) atoms. The SMILES string of the molecule is Oc1ccc2c(c1)CCC(c1ccccc1)C2c1ccc(OCCN2CCCC2)nc1. The third-order valence-corrected chi connectivity index (χ3v) is 6.79. The fraction of sp³-hybridized carbons (Fsp3) is 0.370. The zero-order chi connectivity index (χ0) is 21.0. The summed E-state index contributed by atoms with van der Waals surface area (Å²) >= 11 is 0. The number of nitrogens with zero attached hydrogens (tertiary/aromatic N) is 2. The lowest BCUT2D eigenvalue weighted by Gasteiger charge is -2.34. The van der Waals surface area contributed by atoms with Crippen LogP contribution >= 0.6 is 0 Å². The number of aromatic nitrogens is 1. The van der Waals surface area contributed by atoms with E-state index < -0.39 is 0 Å².